The van der Waals surface area contributed by atoms with Gasteiger partial charge in [0.15, 0.2) is 27.2 Å². The number of hydrogen-bond acceptors (Lipinski definition) is 6. The Morgan fingerprint density at radius 3 is 2.19 bits per heavy atom. The first-order valence-electron chi connectivity index (χ1n) is 9.58. The minimum Gasteiger partial charge on any atom is -0.489 e. The van der Waals surface area contributed by atoms with Crippen molar-refractivity contribution in [1.82, 2.24) is 4.98 Å². The standard InChI is InChI=1S/C22H22Cl3NO5S/c1-22(2,15-10-17(24)21(18(25)11-15)29-9-8-23)14-4-6-16(7-5-14)30-12-19-26-20(13-31-19)32(3,27)28/h4-7,10-11,13H,8-9,12H2,1-3H3. The van der Waals surface area contributed by atoms with Crippen molar-refractivity contribution < 1.29 is 22.3 Å². The van der Waals surface area contributed by atoms with Gasteiger partial charge in [0.1, 0.15) is 18.6 Å². The molecule has 0 N–H and O–H groups in total. The highest BCUT2D eigenvalue weighted by Gasteiger charge is 2.26. The van der Waals surface area contributed by atoms with E-state index in [0.29, 0.717) is 34.0 Å². The molecular formula is C22H22Cl3NO5S. The van der Waals surface area contributed by atoms with Crippen LogP contribution in [0.4, 0.5) is 0 Å². The summed E-state index contributed by atoms with van der Waals surface area (Å²) >= 11 is 18.5. The van der Waals surface area contributed by atoms with Crippen molar-refractivity contribution in [2.45, 2.75) is 30.9 Å². The van der Waals surface area contributed by atoms with Crippen LogP contribution in [0.1, 0.15) is 30.9 Å². The maximum absolute atomic E-state index is 11.5. The van der Waals surface area contributed by atoms with Gasteiger partial charge in [0, 0.05) is 11.7 Å². The van der Waals surface area contributed by atoms with Crippen LogP contribution in [0.25, 0.3) is 0 Å². The van der Waals surface area contributed by atoms with Crippen LogP contribution in [-0.2, 0) is 21.9 Å². The second-order valence-corrected chi connectivity index (χ2v) is 10.8. The van der Waals surface area contributed by atoms with Crippen molar-refractivity contribution in [2.24, 2.45) is 0 Å². The summed E-state index contributed by atoms with van der Waals surface area (Å²) in [6.07, 6.45) is 2.17. The first-order valence-corrected chi connectivity index (χ1v) is 12.8. The summed E-state index contributed by atoms with van der Waals surface area (Å²) in [6.45, 7) is 4.44. The van der Waals surface area contributed by atoms with Gasteiger partial charge in [-0.1, -0.05) is 49.2 Å². The third kappa shape index (κ3) is 5.70. The van der Waals surface area contributed by atoms with Gasteiger partial charge in [0.25, 0.3) is 0 Å². The van der Waals surface area contributed by atoms with E-state index in [2.05, 4.69) is 18.8 Å². The average Bonchev–Trinajstić information content (AvgIpc) is 3.21. The van der Waals surface area contributed by atoms with E-state index in [-0.39, 0.29) is 17.5 Å². The molecule has 3 aromatic rings. The summed E-state index contributed by atoms with van der Waals surface area (Å²) in [7, 11) is -3.42. The summed E-state index contributed by atoms with van der Waals surface area (Å²) in [5.74, 6) is 1.52. The molecule has 6 nitrogen and oxygen atoms in total. The Balaban J connectivity index is 1.74. The van der Waals surface area contributed by atoms with Gasteiger partial charge in [-0.15, -0.1) is 11.6 Å². The molecule has 0 aliphatic heterocycles. The molecule has 0 atom stereocenters. The predicted molar refractivity (Wildman–Crippen MR) is 125 cm³/mol. The molecule has 0 saturated carbocycles. The van der Waals surface area contributed by atoms with E-state index in [1.54, 1.807) is 0 Å². The average molecular weight is 519 g/mol. The molecule has 0 amide bonds. The highest BCUT2D eigenvalue weighted by molar-refractivity contribution is 7.90. The fraction of sp³-hybridized carbons (Fsp3) is 0.318. The second kappa shape index (κ2) is 9.91. The molecule has 0 saturated heterocycles. The first kappa shape index (κ1) is 24.7. The second-order valence-electron chi connectivity index (χ2n) is 7.60. The number of rotatable bonds is 9. The number of sulfone groups is 1. The molecule has 10 heteroatoms. The van der Waals surface area contributed by atoms with Crippen molar-refractivity contribution >= 4 is 44.6 Å². The van der Waals surface area contributed by atoms with Crippen molar-refractivity contribution in [3.05, 3.63) is 69.7 Å². The molecule has 0 radical (unpaired) electrons. The number of ether oxygens (including phenoxy) is 2. The predicted octanol–water partition coefficient (Wildman–Crippen LogP) is 5.91. The lowest BCUT2D eigenvalue weighted by molar-refractivity contribution is 0.263. The third-order valence-electron chi connectivity index (χ3n) is 4.89. The SMILES string of the molecule is CC(C)(c1ccc(OCc2nc(S(C)(=O)=O)co2)cc1)c1cc(Cl)c(OCCCl)c(Cl)c1. The summed E-state index contributed by atoms with van der Waals surface area (Å²) in [4.78, 5) is 3.91. The van der Waals surface area contributed by atoms with Crippen LogP contribution in [0.3, 0.4) is 0 Å². The van der Waals surface area contributed by atoms with Gasteiger partial charge in [0.05, 0.1) is 15.9 Å². The highest BCUT2D eigenvalue weighted by Crippen LogP contribution is 2.40. The Morgan fingerprint density at radius 1 is 1.03 bits per heavy atom. The summed E-state index contributed by atoms with van der Waals surface area (Å²) in [5.41, 5.74) is 1.54. The van der Waals surface area contributed by atoms with Crippen LogP contribution in [0, 0.1) is 0 Å². The number of benzene rings is 2. The van der Waals surface area contributed by atoms with Crippen LogP contribution in [0.15, 0.2) is 52.1 Å². The lowest BCUT2D eigenvalue weighted by Gasteiger charge is -2.27. The van der Waals surface area contributed by atoms with E-state index < -0.39 is 15.3 Å². The van der Waals surface area contributed by atoms with Gasteiger partial charge < -0.3 is 13.9 Å². The Bertz CT molecular complexity index is 1170. The van der Waals surface area contributed by atoms with Crippen LogP contribution >= 0.6 is 34.8 Å². The van der Waals surface area contributed by atoms with Crippen LogP contribution < -0.4 is 9.47 Å². The zero-order valence-corrected chi connectivity index (χ0v) is 20.8. The molecule has 1 aromatic heterocycles. The smallest absolute Gasteiger partial charge is 0.233 e. The van der Waals surface area contributed by atoms with Crippen LogP contribution in [-0.4, -0.2) is 32.1 Å². The Kier molecular flexibility index (Phi) is 7.65. The van der Waals surface area contributed by atoms with E-state index in [1.807, 2.05) is 36.4 Å². The molecule has 172 valence electrons. The topological polar surface area (TPSA) is 78.6 Å². The lowest BCUT2D eigenvalue weighted by Crippen LogP contribution is -2.19. The van der Waals surface area contributed by atoms with E-state index >= 15 is 0 Å². The maximum Gasteiger partial charge on any atom is 0.233 e. The van der Waals surface area contributed by atoms with Gasteiger partial charge in [-0.05, 0) is 35.4 Å². The van der Waals surface area contributed by atoms with Gasteiger partial charge in [0.2, 0.25) is 5.89 Å². The first-order chi connectivity index (χ1) is 15.0. The van der Waals surface area contributed by atoms with Crippen molar-refractivity contribution in [3.63, 3.8) is 0 Å². The van der Waals surface area contributed by atoms with Crippen molar-refractivity contribution in [3.8, 4) is 11.5 Å². The molecule has 0 bridgehead atoms. The number of nitrogens with zero attached hydrogens (tertiary/aromatic N) is 1. The largest absolute Gasteiger partial charge is 0.489 e. The Labute approximate surface area is 202 Å². The fourth-order valence-electron chi connectivity index (χ4n) is 3.01. The molecule has 2 aromatic carbocycles. The number of hydrogen-bond donors (Lipinski definition) is 0. The number of aromatic nitrogens is 1. The maximum atomic E-state index is 11.5. The summed E-state index contributed by atoms with van der Waals surface area (Å²) < 4.78 is 39.3. The van der Waals surface area contributed by atoms with E-state index in [0.717, 1.165) is 23.6 Å². The van der Waals surface area contributed by atoms with Gasteiger partial charge in [-0.25, -0.2) is 8.42 Å². The minimum atomic E-state index is -3.42. The number of alkyl halides is 1. The molecule has 0 spiro atoms. The Morgan fingerprint density at radius 2 is 1.66 bits per heavy atom. The molecule has 0 aliphatic rings. The van der Waals surface area contributed by atoms with Crippen molar-refractivity contribution in [2.75, 3.05) is 18.7 Å². The minimum absolute atomic E-state index is 0.00718. The lowest BCUT2D eigenvalue weighted by atomic mass is 9.78. The zero-order chi connectivity index (χ0) is 23.5. The van der Waals surface area contributed by atoms with E-state index in [9.17, 15) is 8.42 Å². The van der Waals surface area contributed by atoms with Crippen LogP contribution in [0.5, 0.6) is 11.5 Å². The van der Waals surface area contributed by atoms with Gasteiger partial charge in [-0.3, -0.25) is 0 Å². The monoisotopic (exact) mass is 517 g/mol. The molecule has 0 fully saturated rings. The van der Waals surface area contributed by atoms with Gasteiger partial charge in [-0.2, -0.15) is 4.98 Å². The molecule has 32 heavy (non-hydrogen) atoms. The normalized spacial score (nSPS) is 12.1. The summed E-state index contributed by atoms with van der Waals surface area (Å²) in [5, 5.41) is 0.722. The molecule has 1 heterocycles. The van der Waals surface area contributed by atoms with E-state index in [4.69, 9.17) is 48.7 Å². The van der Waals surface area contributed by atoms with Gasteiger partial charge >= 0.3 is 0 Å². The van der Waals surface area contributed by atoms with Crippen molar-refractivity contribution in [1.29, 1.82) is 0 Å². The highest BCUT2D eigenvalue weighted by atomic mass is 35.5. The zero-order valence-electron chi connectivity index (χ0n) is 17.7. The summed E-state index contributed by atoms with van der Waals surface area (Å²) in [6, 6.07) is 11.2. The third-order valence-corrected chi connectivity index (χ3v) is 6.56. The number of oxazole rings is 1. The molecule has 0 unspecified atom stereocenters. The Hall–Kier alpha value is -1.93. The van der Waals surface area contributed by atoms with E-state index in [1.165, 1.54) is 0 Å². The molecule has 3 rings (SSSR count). The van der Waals surface area contributed by atoms with Crippen LogP contribution in [0.2, 0.25) is 10.0 Å². The molecular weight excluding hydrogens is 497 g/mol. The number of halogens is 3. The quantitative estimate of drug-likeness (QED) is 0.328. The molecule has 0 aliphatic carbocycles. The fourth-order valence-corrected chi connectivity index (χ4v) is 4.17.